The van der Waals surface area contributed by atoms with Crippen molar-refractivity contribution in [2.45, 2.75) is 19.6 Å². The van der Waals surface area contributed by atoms with E-state index in [0.29, 0.717) is 5.56 Å². The van der Waals surface area contributed by atoms with Crippen molar-refractivity contribution in [2.24, 2.45) is 0 Å². The van der Waals surface area contributed by atoms with E-state index >= 15 is 0 Å². The first kappa shape index (κ1) is 14.2. The number of hydrogen-bond acceptors (Lipinski definition) is 5. The normalized spacial score (nSPS) is 17.1. The Hall–Kier alpha value is -2.76. The van der Waals surface area contributed by atoms with E-state index < -0.39 is 17.7 Å². The van der Waals surface area contributed by atoms with Crippen LogP contribution in [0.2, 0.25) is 0 Å². The quantitative estimate of drug-likeness (QED) is 0.481. The van der Waals surface area contributed by atoms with Gasteiger partial charge >= 0.3 is 11.9 Å². The summed E-state index contributed by atoms with van der Waals surface area (Å²) in [5.74, 6) is -2.64. The molecule has 0 spiro atoms. The summed E-state index contributed by atoms with van der Waals surface area (Å²) < 4.78 is 11.7. The second-order valence-electron chi connectivity index (χ2n) is 5.35. The number of nitrogens with zero attached hydrogens (tertiary/aromatic N) is 1. The molecule has 6 heteroatoms. The fraction of sp³-hybridized carbons (Fsp3) is 0.250. The van der Waals surface area contributed by atoms with E-state index in [-0.39, 0.29) is 5.57 Å². The number of aromatic nitrogens is 1. The van der Waals surface area contributed by atoms with E-state index in [9.17, 15) is 9.59 Å². The molecule has 1 saturated heterocycles. The zero-order valence-electron chi connectivity index (χ0n) is 12.5. The topological polar surface area (TPSA) is 66.8 Å². The molecular weight excluding hydrogens is 286 g/mol. The van der Waals surface area contributed by atoms with Gasteiger partial charge in [-0.25, -0.2) is 9.59 Å². The van der Waals surface area contributed by atoms with E-state index in [1.165, 1.54) is 27.0 Å². The Morgan fingerprint density at radius 1 is 1.14 bits per heavy atom. The fourth-order valence-corrected chi connectivity index (χ4v) is 2.38. The number of carbonyl (C=O) groups is 2. The van der Waals surface area contributed by atoms with Crippen LogP contribution in [-0.2, 0) is 19.1 Å². The lowest BCUT2D eigenvalue weighted by atomic mass is 10.1. The average molecular weight is 301 g/mol. The highest BCUT2D eigenvalue weighted by molar-refractivity contribution is 6.19. The van der Waals surface area contributed by atoms with Gasteiger partial charge in [0.15, 0.2) is 0 Å². The highest BCUT2D eigenvalue weighted by atomic mass is 16.7. The minimum atomic E-state index is -1.24. The Kier molecular flexibility index (Phi) is 3.16. The zero-order valence-corrected chi connectivity index (χ0v) is 12.5. The Bertz CT molecular complexity index is 778. The van der Waals surface area contributed by atoms with Crippen LogP contribution in [0, 0.1) is 0 Å². The number of cyclic esters (lactones) is 2. The molecule has 1 aliphatic heterocycles. The monoisotopic (exact) mass is 301 g/mol. The first-order valence-electron chi connectivity index (χ1n) is 6.74. The Morgan fingerprint density at radius 3 is 2.41 bits per heavy atom. The number of benzene rings is 1. The predicted molar refractivity (Wildman–Crippen MR) is 78.7 cm³/mol. The third-order valence-electron chi connectivity index (χ3n) is 3.32. The van der Waals surface area contributed by atoms with Crippen LogP contribution in [0.5, 0.6) is 0 Å². The highest BCUT2D eigenvalue weighted by Crippen LogP contribution is 2.27. The molecule has 2 aromatic rings. The molecule has 1 aromatic carbocycles. The smallest absolute Gasteiger partial charge is 0.348 e. The standard InChI is InChI=1S/C16H15NO5/c1-16(2)21-14(18)12(15(19)22-16)8-10-9-17(20-3)13-7-5-4-6-11(10)13/h4-9H,1-3H3. The summed E-state index contributed by atoms with van der Waals surface area (Å²) in [6, 6.07) is 7.49. The molecule has 6 nitrogen and oxygen atoms in total. The molecule has 1 aromatic heterocycles. The van der Waals surface area contributed by atoms with Gasteiger partial charge in [-0.2, -0.15) is 4.73 Å². The van der Waals surface area contributed by atoms with E-state index in [1.54, 1.807) is 10.9 Å². The average Bonchev–Trinajstić information content (AvgIpc) is 2.80. The second-order valence-corrected chi connectivity index (χ2v) is 5.35. The third-order valence-corrected chi connectivity index (χ3v) is 3.32. The maximum Gasteiger partial charge on any atom is 0.348 e. The van der Waals surface area contributed by atoms with Gasteiger partial charge in [-0.1, -0.05) is 18.2 Å². The van der Waals surface area contributed by atoms with Gasteiger partial charge in [-0.3, -0.25) is 0 Å². The van der Waals surface area contributed by atoms with Crippen molar-refractivity contribution >= 4 is 28.9 Å². The predicted octanol–water partition coefficient (Wildman–Crippen LogP) is 1.92. The molecule has 0 aliphatic carbocycles. The van der Waals surface area contributed by atoms with Gasteiger partial charge in [-0.15, -0.1) is 0 Å². The summed E-state index contributed by atoms with van der Waals surface area (Å²) in [4.78, 5) is 29.3. The zero-order chi connectivity index (χ0) is 15.9. The molecule has 1 aliphatic rings. The summed E-state index contributed by atoms with van der Waals surface area (Å²) in [6.07, 6.45) is 3.15. The molecule has 22 heavy (non-hydrogen) atoms. The van der Waals surface area contributed by atoms with Gasteiger partial charge in [-0.05, 0) is 12.1 Å². The number of fused-ring (bicyclic) bond motifs is 1. The Morgan fingerprint density at radius 2 is 1.77 bits per heavy atom. The molecule has 2 heterocycles. The van der Waals surface area contributed by atoms with Crippen molar-refractivity contribution in [1.29, 1.82) is 0 Å². The summed E-state index contributed by atoms with van der Waals surface area (Å²) in [5, 5.41) is 0.849. The van der Waals surface area contributed by atoms with Gasteiger partial charge in [0.2, 0.25) is 0 Å². The number of esters is 2. The van der Waals surface area contributed by atoms with Crippen LogP contribution in [0.4, 0.5) is 0 Å². The maximum atomic E-state index is 12.0. The van der Waals surface area contributed by atoms with Crippen molar-refractivity contribution < 1.29 is 23.9 Å². The lowest BCUT2D eigenvalue weighted by molar-refractivity contribution is -0.222. The molecule has 0 N–H and O–H groups in total. The van der Waals surface area contributed by atoms with Crippen LogP contribution in [-0.4, -0.2) is 29.6 Å². The van der Waals surface area contributed by atoms with Gasteiger partial charge in [0.1, 0.15) is 12.7 Å². The van der Waals surface area contributed by atoms with Crippen LogP contribution >= 0.6 is 0 Å². The number of ether oxygens (including phenoxy) is 2. The number of carbonyl (C=O) groups excluding carboxylic acids is 2. The summed E-state index contributed by atoms with van der Waals surface area (Å²) >= 11 is 0. The van der Waals surface area contributed by atoms with E-state index in [0.717, 1.165) is 10.9 Å². The van der Waals surface area contributed by atoms with Crippen molar-refractivity contribution in [3.63, 3.8) is 0 Å². The second kappa shape index (κ2) is 4.91. The van der Waals surface area contributed by atoms with E-state index in [1.807, 2.05) is 24.3 Å². The molecule has 3 rings (SSSR count). The molecule has 0 saturated carbocycles. The number of para-hydroxylation sites is 1. The lowest BCUT2D eigenvalue weighted by Gasteiger charge is -2.29. The molecule has 0 bridgehead atoms. The van der Waals surface area contributed by atoms with Crippen LogP contribution in [0.1, 0.15) is 19.4 Å². The molecule has 114 valence electrons. The molecule has 0 radical (unpaired) electrons. The van der Waals surface area contributed by atoms with Crippen LogP contribution in [0.15, 0.2) is 36.0 Å². The lowest BCUT2D eigenvalue weighted by Crippen LogP contribution is -2.41. The SMILES string of the molecule is COn1cc(C=C2C(=O)OC(C)(C)OC2=O)c2ccccc21. The first-order chi connectivity index (χ1) is 10.4. The van der Waals surface area contributed by atoms with Crippen molar-refractivity contribution in [3.05, 3.63) is 41.6 Å². The van der Waals surface area contributed by atoms with Crippen molar-refractivity contribution in [1.82, 2.24) is 4.73 Å². The number of rotatable bonds is 2. The van der Waals surface area contributed by atoms with Gasteiger partial charge in [0, 0.05) is 24.8 Å². The maximum absolute atomic E-state index is 12.0. The van der Waals surface area contributed by atoms with Crippen molar-refractivity contribution in [2.75, 3.05) is 7.11 Å². The van der Waals surface area contributed by atoms with E-state index in [2.05, 4.69) is 0 Å². The van der Waals surface area contributed by atoms with Gasteiger partial charge < -0.3 is 14.3 Å². The Balaban J connectivity index is 2.09. The molecule has 0 unspecified atom stereocenters. The first-order valence-corrected chi connectivity index (χ1v) is 6.74. The fourth-order valence-electron chi connectivity index (χ4n) is 2.38. The van der Waals surface area contributed by atoms with E-state index in [4.69, 9.17) is 14.3 Å². The molecule has 1 fully saturated rings. The van der Waals surface area contributed by atoms with Crippen LogP contribution < -0.4 is 4.84 Å². The molecule has 0 atom stereocenters. The van der Waals surface area contributed by atoms with Crippen molar-refractivity contribution in [3.8, 4) is 0 Å². The number of hydrogen-bond donors (Lipinski definition) is 0. The van der Waals surface area contributed by atoms with Gasteiger partial charge in [0.25, 0.3) is 5.79 Å². The summed E-state index contributed by atoms with van der Waals surface area (Å²) in [7, 11) is 1.54. The van der Waals surface area contributed by atoms with Gasteiger partial charge in [0.05, 0.1) is 11.7 Å². The van der Waals surface area contributed by atoms with Crippen LogP contribution in [0.3, 0.4) is 0 Å². The third kappa shape index (κ3) is 2.32. The highest BCUT2D eigenvalue weighted by Gasteiger charge is 2.39. The minimum absolute atomic E-state index is 0.140. The van der Waals surface area contributed by atoms with Crippen LogP contribution in [0.25, 0.3) is 17.0 Å². The minimum Gasteiger partial charge on any atom is -0.419 e. The summed E-state index contributed by atoms with van der Waals surface area (Å²) in [6.45, 7) is 3.02. The molecule has 0 amide bonds. The molecular formula is C16H15NO5. The summed E-state index contributed by atoms with van der Waals surface area (Å²) in [5.41, 5.74) is 1.36. The largest absolute Gasteiger partial charge is 0.419 e. The Labute approximate surface area is 126 Å².